The number of carbonyl (C=O) groups is 3. The molecule has 1 atom stereocenters. The van der Waals surface area contributed by atoms with Gasteiger partial charge in [-0.05, 0) is 33.1 Å². The Labute approximate surface area is 166 Å². The first-order valence-corrected chi connectivity index (χ1v) is 9.85. The lowest BCUT2D eigenvalue weighted by Gasteiger charge is -2.33. The predicted molar refractivity (Wildman–Crippen MR) is 102 cm³/mol. The monoisotopic (exact) mass is 399 g/mol. The summed E-state index contributed by atoms with van der Waals surface area (Å²) in [6.45, 7) is 5.74. The van der Waals surface area contributed by atoms with E-state index in [1.54, 1.807) is 6.92 Å². The predicted octanol–water partition coefficient (Wildman–Crippen LogP) is 2.62. The van der Waals surface area contributed by atoms with Crippen LogP contribution in [0.5, 0.6) is 0 Å². The van der Waals surface area contributed by atoms with Gasteiger partial charge in [0.2, 0.25) is 6.35 Å². The smallest absolute Gasteiger partial charge is 0.428 e. The zero-order chi connectivity index (χ0) is 20.9. The van der Waals surface area contributed by atoms with Crippen LogP contribution >= 0.6 is 0 Å². The third-order valence-corrected chi connectivity index (χ3v) is 5.10. The van der Waals surface area contributed by atoms with Gasteiger partial charge in [-0.25, -0.2) is 19.4 Å². The van der Waals surface area contributed by atoms with E-state index in [1.807, 2.05) is 13.8 Å². The van der Waals surface area contributed by atoms with Crippen LogP contribution in [0.3, 0.4) is 0 Å². The van der Waals surface area contributed by atoms with E-state index in [2.05, 4.69) is 10.7 Å². The van der Waals surface area contributed by atoms with Gasteiger partial charge in [0.15, 0.2) is 0 Å². The Bertz CT molecular complexity index is 579. The van der Waals surface area contributed by atoms with Gasteiger partial charge in [-0.1, -0.05) is 32.1 Å². The van der Waals surface area contributed by atoms with E-state index >= 15 is 0 Å². The Morgan fingerprint density at radius 3 is 2.50 bits per heavy atom. The number of hydrazine groups is 2. The lowest BCUT2D eigenvalue weighted by molar-refractivity contribution is -0.0938. The number of ether oxygens (including phenoxy) is 2. The molecule has 10 heteroatoms. The van der Waals surface area contributed by atoms with Gasteiger partial charge in [-0.15, -0.1) is 0 Å². The number of imide groups is 1. The van der Waals surface area contributed by atoms with Gasteiger partial charge in [0, 0.05) is 19.7 Å². The standard InChI is InChI=1S/C18H33N5O5/c1-6-28-17(26)21(4)23-15(27-5)20-22(16(23)25)14(24)19-18(2,3)12-13-10-8-7-9-11-13/h13,15,20H,6-12H2,1-5H3,(H,19,24). The van der Waals surface area contributed by atoms with Gasteiger partial charge in [0.05, 0.1) is 6.61 Å². The van der Waals surface area contributed by atoms with E-state index in [4.69, 9.17) is 9.47 Å². The fourth-order valence-corrected chi connectivity index (χ4v) is 3.82. The average Bonchev–Trinajstić information content (AvgIpc) is 2.97. The van der Waals surface area contributed by atoms with Crippen molar-refractivity contribution in [2.24, 2.45) is 5.92 Å². The summed E-state index contributed by atoms with van der Waals surface area (Å²) in [6, 6.07) is -1.32. The van der Waals surface area contributed by atoms with Crippen LogP contribution in [-0.4, -0.2) is 65.8 Å². The molecule has 2 aliphatic rings. The number of hydrogen-bond acceptors (Lipinski definition) is 6. The van der Waals surface area contributed by atoms with Crippen LogP contribution < -0.4 is 10.7 Å². The molecule has 0 aromatic rings. The second kappa shape index (κ2) is 9.42. The maximum Gasteiger partial charge on any atom is 0.428 e. The van der Waals surface area contributed by atoms with E-state index in [9.17, 15) is 14.4 Å². The molecule has 5 amide bonds. The fraction of sp³-hybridized carbons (Fsp3) is 0.833. The summed E-state index contributed by atoms with van der Waals surface area (Å²) in [5, 5.41) is 5.72. The van der Waals surface area contributed by atoms with Crippen LogP contribution in [0.15, 0.2) is 0 Å². The third kappa shape index (κ3) is 5.26. The highest BCUT2D eigenvalue weighted by Gasteiger charge is 2.46. The highest BCUT2D eigenvalue weighted by molar-refractivity contribution is 5.95. The Kier molecular flexibility index (Phi) is 7.48. The molecule has 1 saturated heterocycles. The molecule has 28 heavy (non-hydrogen) atoms. The van der Waals surface area contributed by atoms with Crippen molar-refractivity contribution in [3.05, 3.63) is 0 Å². The lowest BCUT2D eigenvalue weighted by Crippen LogP contribution is -2.55. The average molecular weight is 399 g/mol. The maximum atomic E-state index is 12.8. The summed E-state index contributed by atoms with van der Waals surface area (Å²) < 4.78 is 10.1. The molecule has 0 radical (unpaired) electrons. The fourth-order valence-electron chi connectivity index (χ4n) is 3.82. The maximum absolute atomic E-state index is 12.8. The number of methoxy groups -OCH3 is 1. The molecule has 0 aromatic carbocycles. The zero-order valence-corrected chi connectivity index (χ0v) is 17.5. The van der Waals surface area contributed by atoms with Crippen LogP contribution in [0.1, 0.15) is 59.3 Å². The summed E-state index contributed by atoms with van der Waals surface area (Å²) in [7, 11) is 2.74. The second-order valence-corrected chi connectivity index (χ2v) is 7.92. The van der Waals surface area contributed by atoms with Crippen LogP contribution in [0.25, 0.3) is 0 Å². The number of carbonyl (C=O) groups excluding carboxylic acids is 3. The highest BCUT2D eigenvalue weighted by atomic mass is 16.6. The third-order valence-electron chi connectivity index (χ3n) is 5.10. The molecule has 1 aliphatic heterocycles. The van der Waals surface area contributed by atoms with Crippen molar-refractivity contribution in [1.29, 1.82) is 0 Å². The molecule has 2 N–H and O–H groups in total. The lowest BCUT2D eigenvalue weighted by atomic mass is 9.81. The van der Waals surface area contributed by atoms with Gasteiger partial charge < -0.3 is 14.8 Å². The quantitative estimate of drug-likeness (QED) is 0.712. The minimum Gasteiger partial charge on any atom is -0.448 e. The first-order chi connectivity index (χ1) is 13.2. The van der Waals surface area contributed by atoms with Gasteiger partial charge >= 0.3 is 18.2 Å². The minimum absolute atomic E-state index is 0.163. The Hall–Kier alpha value is -2.07. The molecule has 2 rings (SSSR count). The molecular formula is C18H33N5O5. The zero-order valence-electron chi connectivity index (χ0n) is 17.5. The topological polar surface area (TPSA) is 103 Å². The van der Waals surface area contributed by atoms with E-state index < -0.39 is 30.0 Å². The van der Waals surface area contributed by atoms with E-state index in [0.29, 0.717) is 5.92 Å². The van der Waals surface area contributed by atoms with Crippen molar-refractivity contribution in [3.8, 4) is 0 Å². The number of rotatable bonds is 6. The van der Waals surface area contributed by atoms with Crippen molar-refractivity contribution in [3.63, 3.8) is 0 Å². The number of amides is 5. The van der Waals surface area contributed by atoms with E-state index in [-0.39, 0.29) is 6.61 Å². The van der Waals surface area contributed by atoms with Gasteiger partial charge in [0.1, 0.15) is 0 Å². The van der Waals surface area contributed by atoms with E-state index in [1.165, 1.54) is 46.3 Å². The number of urea groups is 2. The van der Waals surface area contributed by atoms with Gasteiger partial charge in [-0.3, -0.25) is 0 Å². The van der Waals surface area contributed by atoms with Gasteiger partial charge in [0.25, 0.3) is 0 Å². The van der Waals surface area contributed by atoms with Crippen molar-refractivity contribution in [2.75, 3.05) is 20.8 Å². The Balaban J connectivity index is 2.02. The van der Waals surface area contributed by atoms with Crippen LogP contribution in [0.4, 0.5) is 14.4 Å². The van der Waals surface area contributed by atoms with Crippen LogP contribution in [0.2, 0.25) is 0 Å². The summed E-state index contributed by atoms with van der Waals surface area (Å²) in [5.74, 6) is 0.574. The van der Waals surface area contributed by atoms with Crippen molar-refractivity contribution in [2.45, 2.75) is 71.2 Å². The molecule has 0 aromatic heterocycles. The second-order valence-electron chi connectivity index (χ2n) is 7.92. The summed E-state index contributed by atoms with van der Waals surface area (Å²) in [5.41, 5.74) is 2.20. The molecule has 1 heterocycles. The van der Waals surface area contributed by atoms with E-state index in [0.717, 1.165) is 21.4 Å². The highest BCUT2D eigenvalue weighted by Crippen LogP contribution is 2.30. The Morgan fingerprint density at radius 2 is 1.93 bits per heavy atom. The summed E-state index contributed by atoms with van der Waals surface area (Å²) in [4.78, 5) is 37.5. The normalized spacial score (nSPS) is 21.0. The molecule has 1 aliphatic carbocycles. The summed E-state index contributed by atoms with van der Waals surface area (Å²) >= 11 is 0. The molecule has 2 fully saturated rings. The van der Waals surface area contributed by atoms with Crippen LogP contribution in [-0.2, 0) is 9.47 Å². The van der Waals surface area contributed by atoms with Crippen LogP contribution in [0, 0.1) is 5.92 Å². The molecule has 160 valence electrons. The minimum atomic E-state index is -1.01. The van der Waals surface area contributed by atoms with Crippen molar-refractivity contribution in [1.82, 2.24) is 25.8 Å². The SMILES string of the molecule is CCOC(=O)N(C)N1C(=O)N(C(=O)NC(C)(C)CC2CCCCC2)NC1OC. The number of nitrogens with zero attached hydrogens (tertiary/aromatic N) is 3. The number of nitrogens with one attached hydrogen (secondary N) is 2. The summed E-state index contributed by atoms with van der Waals surface area (Å²) in [6.07, 6.45) is 5.19. The molecular weight excluding hydrogens is 366 g/mol. The Morgan fingerprint density at radius 1 is 1.29 bits per heavy atom. The largest absolute Gasteiger partial charge is 0.448 e. The molecule has 0 bridgehead atoms. The first kappa shape index (κ1) is 22.2. The number of hydrogen-bond donors (Lipinski definition) is 2. The van der Waals surface area contributed by atoms with Crippen molar-refractivity contribution < 1.29 is 23.9 Å². The molecule has 1 unspecified atom stereocenters. The molecule has 10 nitrogen and oxygen atoms in total. The van der Waals surface area contributed by atoms with Gasteiger partial charge in [-0.2, -0.15) is 15.4 Å². The molecule has 1 saturated carbocycles. The molecule has 0 spiro atoms. The first-order valence-electron chi connectivity index (χ1n) is 9.85. The van der Waals surface area contributed by atoms with Crippen molar-refractivity contribution >= 4 is 18.2 Å².